The van der Waals surface area contributed by atoms with Crippen molar-refractivity contribution in [2.45, 2.75) is 5.60 Å². The van der Waals surface area contributed by atoms with Crippen LogP contribution >= 0.6 is 11.6 Å². The summed E-state index contributed by atoms with van der Waals surface area (Å²) in [7, 11) is 0. The van der Waals surface area contributed by atoms with Crippen molar-refractivity contribution in [3.05, 3.63) is 131 Å². The van der Waals surface area contributed by atoms with Gasteiger partial charge in [0.05, 0.1) is 16.9 Å². The van der Waals surface area contributed by atoms with E-state index in [2.05, 4.69) is 15.8 Å². The van der Waals surface area contributed by atoms with Gasteiger partial charge in [0.1, 0.15) is 11.6 Å². The normalized spacial score (nSPS) is 11.2. The van der Waals surface area contributed by atoms with Crippen molar-refractivity contribution in [1.82, 2.24) is 5.43 Å². The maximum Gasteiger partial charge on any atom is 0.281 e. The molecule has 0 saturated heterocycles. The molecule has 0 unspecified atom stereocenters. The van der Waals surface area contributed by atoms with Gasteiger partial charge in [0, 0.05) is 0 Å². The van der Waals surface area contributed by atoms with Crippen LogP contribution in [0.5, 0.6) is 5.75 Å². The lowest BCUT2D eigenvalue weighted by molar-refractivity contribution is -0.136. The number of nitrogens with one attached hydrogen (secondary N) is 2. The van der Waals surface area contributed by atoms with Crippen molar-refractivity contribution >= 4 is 35.3 Å². The second kappa shape index (κ2) is 12.1. The Morgan fingerprint density at radius 3 is 2.13 bits per heavy atom. The number of aliphatic hydroxyl groups is 1. The molecular formula is C29H23ClFN3O4. The second-order valence-electron chi connectivity index (χ2n) is 8.15. The first-order valence-corrected chi connectivity index (χ1v) is 11.9. The number of halogens is 2. The predicted octanol–water partition coefficient (Wildman–Crippen LogP) is 4.88. The van der Waals surface area contributed by atoms with Crippen molar-refractivity contribution in [1.29, 1.82) is 0 Å². The molecule has 0 aliphatic rings. The molecule has 4 aromatic carbocycles. The molecule has 0 spiro atoms. The Kier molecular flexibility index (Phi) is 8.47. The van der Waals surface area contributed by atoms with Crippen LogP contribution in [0.4, 0.5) is 10.1 Å². The van der Waals surface area contributed by atoms with Gasteiger partial charge in [0.2, 0.25) is 0 Å². The van der Waals surface area contributed by atoms with E-state index in [9.17, 15) is 19.1 Å². The van der Waals surface area contributed by atoms with Crippen molar-refractivity contribution in [2.75, 3.05) is 11.9 Å². The van der Waals surface area contributed by atoms with E-state index in [4.69, 9.17) is 16.3 Å². The molecular weight excluding hydrogens is 509 g/mol. The van der Waals surface area contributed by atoms with Gasteiger partial charge >= 0.3 is 0 Å². The summed E-state index contributed by atoms with van der Waals surface area (Å²) >= 11 is 6.27. The Hall–Kier alpha value is -4.53. The Bertz CT molecular complexity index is 1410. The summed E-state index contributed by atoms with van der Waals surface area (Å²) < 4.78 is 19.1. The van der Waals surface area contributed by atoms with Gasteiger partial charge in [-0.1, -0.05) is 84.4 Å². The number of anilines is 1. The minimum absolute atomic E-state index is 0.0484. The minimum atomic E-state index is -1.96. The lowest BCUT2D eigenvalue weighted by Gasteiger charge is -2.27. The smallest absolute Gasteiger partial charge is 0.281 e. The number of carbonyl (C=O) groups is 2. The highest BCUT2D eigenvalue weighted by atomic mass is 35.5. The van der Waals surface area contributed by atoms with Crippen LogP contribution in [0.1, 0.15) is 16.7 Å². The Balaban J connectivity index is 1.40. The second-order valence-corrected chi connectivity index (χ2v) is 8.56. The molecule has 0 saturated carbocycles. The standard InChI is InChI=1S/C29H23ClFN3O4/c30-23-17-20(15-16-26(23)38-19-27(35)33-25-14-8-7-13-24(25)31)18-32-34-28(36)29(37,21-9-3-1-4-10-21)22-11-5-2-6-12-22/h1-18,37H,19H2,(H,33,35)(H,34,36)/b32-18-. The third-order valence-electron chi connectivity index (χ3n) is 5.55. The Labute approximate surface area is 223 Å². The molecule has 192 valence electrons. The highest BCUT2D eigenvalue weighted by molar-refractivity contribution is 6.32. The molecule has 4 rings (SSSR count). The summed E-state index contributed by atoms with van der Waals surface area (Å²) in [6.45, 7) is -0.380. The van der Waals surface area contributed by atoms with E-state index in [-0.39, 0.29) is 23.1 Å². The molecule has 9 heteroatoms. The Morgan fingerprint density at radius 1 is 0.921 bits per heavy atom. The van der Waals surface area contributed by atoms with Gasteiger partial charge in [-0.2, -0.15) is 5.10 Å². The molecule has 0 fully saturated rings. The number of ether oxygens (including phenoxy) is 1. The van der Waals surface area contributed by atoms with Gasteiger partial charge in [-0.25, -0.2) is 9.82 Å². The van der Waals surface area contributed by atoms with Gasteiger partial charge in [0.25, 0.3) is 11.8 Å². The number of hydrogen-bond acceptors (Lipinski definition) is 5. The minimum Gasteiger partial charge on any atom is -0.482 e. The van der Waals surface area contributed by atoms with E-state index < -0.39 is 23.2 Å². The predicted molar refractivity (Wildman–Crippen MR) is 144 cm³/mol. The first-order chi connectivity index (χ1) is 18.4. The third kappa shape index (κ3) is 6.23. The number of amides is 2. The maximum absolute atomic E-state index is 13.7. The summed E-state index contributed by atoms with van der Waals surface area (Å²) in [6, 6.07) is 27.6. The van der Waals surface area contributed by atoms with Crippen LogP contribution in [-0.2, 0) is 15.2 Å². The van der Waals surface area contributed by atoms with E-state index in [1.165, 1.54) is 36.5 Å². The van der Waals surface area contributed by atoms with Crippen molar-refractivity contribution in [3.8, 4) is 5.75 Å². The number of hydrazone groups is 1. The molecule has 2 amide bonds. The molecule has 38 heavy (non-hydrogen) atoms. The molecule has 0 aliphatic carbocycles. The van der Waals surface area contributed by atoms with Crippen molar-refractivity contribution in [3.63, 3.8) is 0 Å². The van der Waals surface area contributed by atoms with Gasteiger partial charge in [-0.15, -0.1) is 0 Å². The van der Waals surface area contributed by atoms with Crippen LogP contribution in [0.3, 0.4) is 0 Å². The van der Waals surface area contributed by atoms with Gasteiger partial charge in [-0.05, 0) is 47.0 Å². The van der Waals surface area contributed by atoms with Gasteiger partial charge in [-0.3, -0.25) is 9.59 Å². The van der Waals surface area contributed by atoms with Crippen LogP contribution in [-0.4, -0.2) is 29.7 Å². The molecule has 4 aromatic rings. The number of benzene rings is 4. The largest absolute Gasteiger partial charge is 0.482 e. The Morgan fingerprint density at radius 2 is 1.53 bits per heavy atom. The van der Waals surface area contributed by atoms with Crippen LogP contribution in [0.25, 0.3) is 0 Å². The molecule has 3 N–H and O–H groups in total. The van der Waals surface area contributed by atoms with E-state index in [0.717, 1.165) is 0 Å². The molecule has 0 aromatic heterocycles. The van der Waals surface area contributed by atoms with Crippen LogP contribution in [0.15, 0.2) is 108 Å². The fourth-order valence-electron chi connectivity index (χ4n) is 3.64. The summed E-state index contributed by atoms with van der Waals surface area (Å²) in [6.07, 6.45) is 1.36. The van der Waals surface area contributed by atoms with E-state index >= 15 is 0 Å². The quantitative estimate of drug-likeness (QED) is 0.212. The molecule has 0 bridgehead atoms. The molecule has 0 aliphatic heterocycles. The molecule has 0 atom stereocenters. The van der Waals surface area contributed by atoms with E-state index in [1.54, 1.807) is 72.8 Å². The number of nitrogens with zero attached hydrogens (tertiary/aromatic N) is 1. The third-order valence-corrected chi connectivity index (χ3v) is 5.85. The van der Waals surface area contributed by atoms with Crippen LogP contribution < -0.4 is 15.5 Å². The summed E-state index contributed by atoms with van der Waals surface area (Å²) in [5.74, 6) is -1.61. The highest BCUT2D eigenvalue weighted by Gasteiger charge is 2.39. The van der Waals surface area contributed by atoms with Gasteiger partial charge in [0.15, 0.2) is 12.2 Å². The number of hydrogen-bond donors (Lipinski definition) is 3. The summed E-state index contributed by atoms with van der Waals surface area (Å²) in [5, 5.41) is 18.0. The van der Waals surface area contributed by atoms with Crippen molar-refractivity contribution in [2.24, 2.45) is 5.10 Å². The first-order valence-electron chi connectivity index (χ1n) is 11.5. The average molecular weight is 532 g/mol. The van der Waals surface area contributed by atoms with E-state index in [1.807, 2.05) is 0 Å². The topological polar surface area (TPSA) is 100 Å². The summed E-state index contributed by atoms with van der Waals surface area (Å²) in [5.41, 5.74) is 1.79. The average Bonchev–Trinajstić information content (AvgIpc) is 2.94. The zero-order chi connectivity index (χ0) is 27.0. The zero-order valence-corrected chi connectivity index (χ0v) is 20.7. The molecule has 7 nitrogen and oxygen atoms in total. The summed E-state index contributed by atoms with van der Waals surface area (Å²) in [4.78, 5) is 25.2. The number of para-hydroxylation sites is 1. The maximum atomic E-state index is 13.7. The molecule has 0 heterocycles. The first kappa shape index (κ1) is 26.5. The van der Waals surface area contributed by atoms with Gasteiger partial charge < -0.3 is 15.2 Å². The molecule has 0 radical (unpaired) electrons. The zero-order valence-electron chi connectivity index (χ0n) is 20.0. The van der Waals surface area contributed by atoms with Crippen LogP contribution in [0.2, 0.25) is 5.02 Å². The van der Waals surface area contributed by atoms with E-state index in [0.29, 0.717) is 16.7 Å². The number of rotatable bonds is 9. The fourth-order valence-corrected chi connectivity index (χ4v) is 3.88. The SMILES string of the molecule is O=C(COc1ccc(/C=N\NC(=O)C(O)(c2ccccc2)c2ccccc2)cc1Cl)Nc1ccccc1F. The fraction of sp³-hybridized carbons (Fsp3) is 0.0690. The lowest BCUT2D eigenvalue weighted by Crippen LogP contribution is -2.43. The highest BCUT2D eigenvalue weighted by Crippen LogP contribution is 2.30. The number of carbonyl (C=O) groups excluding carboxylic acids is 2. The lowest BCUT2D eigenvalue weighted by atomic mass is 9.85. The van der Waals surface area contributed by atoms with Crippen LogP contribution in [0, 0.1) is 5.82 Å². The van der Waals surface area contributed by atoms with Crippen molar-refractivity contribution < 1.29 is 23.8 Å². The monoisotopic (exact) mass is 531 g/mol.